The van der Waals surface area contributed by atoms with Gasteiger partial charge in [-0.15, -0.1) is 0 Å². The summed E-state index contributed by atoms with van der Waals surface area (Å²) in [6.07, 6.45) is -0.455. The van der Waals surface area contributed by atoms with E-state index in [1.54, 1.807) is 35.2 Å². The molecule has 9 nitrogen and oxygen atoms in total. The summed E-state index contributed by atoms with van der Waals surface area (Å²) >= 11 is 0. The van der Waals surface area contributed by atoms with E-state index in [9.17, 15) is 18.8 Å². The van der Waals surface area contributed by atoms with Crippen LogP contribution >= 0.6 is 0 Å². The Hall–Kier alpha value is -3.27. The predicted octanol–water partition coefficient (Wildman–Crippen LogP) is 0.800. The van der Waals surface area contributed by atoms with Gasteiger partial charge in [0.05, 0.1) is 32.9 Å². The number of nitrogens with two attached hydrogens (primary N) is 1. The molecule has 29 heavy (non-hydrogen) atoms. The van der Waals surface area contributed by atoms with Crippen molar-refractivity contribution in [1.29, 1.82) is 0 Å². The average molecular weight is 407 g/mol. The van der Waals surface area contributed by atoms with E-state index in [4.69, 9.17) is 10.6 Å². The molecule has 0 aromatic heterocycles. The second-order valence-electron chi connectivity index (χ2n) is 6.20. The van der Waals surface area contributed by atoms with E-state index in [0.717, 1.165) is 20.3 Å². The van der Waals surface area contributed by atoms with Crippen molar-refractivity contribution in [2.75, 3.05) is 27.3 Å². The van der Waals surface area contributed by atoms with Crippen LogP contribution in [0.1, 0.15) is 16.8 Å². The van der Waals surface area contributed by atoms with Gasteiger partial charge in [-0.2, -0.15) is 0 Å². The Kier molecular flexibility index (Phi) is 7.84. The Labute approximate surface area is 166 Å². The zero-order chi connectivity index (χ0) is 21.4. The van der Waals surface area contributed by atoms with Gasteiger partial charge in [-0.1, -0.05) is 35.5 Å². The molecule has 1 aliphatic rings. The molecule has 0 amide bonds. The number of likely N-dealkylation sites (tertiary alicyclic amines) is 1. The molecule has 0 unspecified atom stereocenters. The van der Waals surface area contributed by atoms with Gasteiger partial charge in [0.15, 0.2) is 11.6 Å². The van der Waals surface area contributed by atoms with Crippen LogP contribution in [0.15, 0.2) is 47.3 Å². The average Bonchev–Trinajstić information content (AvgIpc) is 3.10. The number of carbonyl (C=O) groups excluding carboxylic acids is 3. The highest BCUT2D eigenvalue weighted by Gasteiger charge is 2.36. The maximum Gasteiger partial charge on any atom is 0.377 e. The van der Waals surface area contributed by atoms with Crippen LogP contribution in [-0.2, 0) is 23.9 Å². The van der Waals surface area contributed by atoms with Crippen molar-refractivity contribution in [1.82, 2.24) is 4.90 Å². The second-order valence-corrected chi connectivity index (χ2v) is 6.20. The molecule has 1 aliphatic heterocycles. The maximum atomic E-state index is 14.0. The Balaban J connectivity index is 2.12. The van der Waals surface area contributed by atoms with Crippen LogP contribution in [0.5, 0.6) is 0 Å². The molecule has 0 aliphatic carbocycles. The molecule has 1 aromatic carbocycles. The van der Waals surface area contributed by atoms with Crippen molar-refractivity contribution < 1.29 is 33.1 Å². The Morgan fingerprint density at radius 3 is 2.55 bits per heavy atom. The van der Waals surface area contributed by atoms with Gasteiger partial charge in [-0.25, -0.2) is 14.0 Å². The largest absolute Gasteiger partial charge is 0.466 e. The molecule has 10 heteroatoms. The number of hydrogen-bond acceptors (Lipinski definition) is 8. The topological polar surface area (TPSA) is 121 Å². The number of Topliss-reactive ketones (excluding diaryl/α,β-unsaturated/α-hetero) is 1. The first-order valence-electron chi connectivity index (χ1n) is 8.70. The van der Waals surface area contributed by atoms with Crippen molar-refractivity contribution >= 4 is 23.6 Å². The van der Waals surface area contributed by atoms with E-state index in [1.165, 1.54) is 0 Å². The van der Waals surface area contributed by atoms with Gasteiger partial charge in [0.2, 0.25) is 5.76 Å². The van der Waals surface area contributed by atoms with Crippen molar-refractivity contribution in [3.8, 4) is 0 Å². The third kappa shape index (κ3) is 6.11. The number of carbonyl (C=O) groups is 3. The minimum atomic E-state index is -1.21. The molecular weight excluding hydrogens is 385 g/mol. The SMILES string of the molecule is COC(=O)/C=C(/O/N=C(\N)[C@@H]1C[C@H](F)CN1CC(=O)c1ccccc1)C(=O)OC. The molecule has 156 valence electrons. The third-order valence-electron chi connectivity index (χ3n) is 4.22. The molecule has 2 atom stereocenters. The quantitative estimate of drug-likeness (QED) is 0.128. The molecule has 1 heterocycles. The van der Waals surface area contributed by atoms with Crippen molar-refractivity contribution in [2.45, 2.75) is 18.6 Å². The number of esters is 2. The van der Waals surface area contributed by atoms with Crippen LogP contribution in [-0.4, -0.2) is 68.0 Å². The lowest BCUT2D eigenvalue weighted by Crippen LogP contribution is -2.43. The maximum absolute atomic E-state index is 14.0. The van der Waals surface area contributed by atoms with Gasteiger partial charge in [-0.3, -0.25) is 9.69 Å². The number of amidine groups is 1. The van der Waals surface area contributed by atoms with Crippen LogP contribution in [0.2, 0.25) is 0 Å². The molecule has 0 spiro atoms. The lowest BCUT2D eigenvalue weighted by atomic mass is 10.1. The summed E-state index contributed by atoms with van der Waals surface area (Å²) in [5.74, 6) is -2.73. The van der Waals surface area contributed by atoms with Gasteiger partial charge in [0.25, 0.3) is 0 Å². The molecule has 2 N–H and O–H groups in total. The Bertz CT molecular complexity index is 811. The number of hydrogen-bond donors (Lipinski definition) is 1. The molecule has 0 bridgehead atoms. The summed E-state index contributed by atoms with van der Waals surface area (Å²) in [6.45, 7) is -0.0610. The van der Waals surface area contributed by atoms with Crippen LogP contribution in [0, 0.1) is 0 Å². The molecular formula is C19H22FN3O6. The summed E-state index contributed by atoms with van der Waals surface area (Å²) in [5.41, 5.74) is 6.40. The molecule has 1 aromatic rings. The molecule has 0 saturated carbocycles. The molecule has 1 fully saturated rings. The van der Waals surface area contributed by atoms with E-state index in [-0.39, 0.29) is 31.1 Å². The lowest BCUT2D eigenvalue weighted by Gasteiger charge is -2.22. The van der Waals surface area contributed by atoms with Gasteiger partial charge < -0.3 is 20.0 Å². The molecule has 0 radical (unpaired) electrons. The van der Waals surface area contributed by atoms with E-state index in [2.05, 4.69) is 14.6 Å². The van der Waals surface area contributed by atoms with E-state index in [0.29, 0.717) is 5.56 Å². The summed E-state index contributed by atoms with van der Waals surface area (Å²) in [4.78, 5) is 41.9. The Morgan fingerprint density at radius 1 is 1.24 bits per heavy atom. The van der Waals surface area contributed by atoms with Crippen molar-refractivity contribution in [2.24, 2.45) is 10.9 Å². The smallest absolute Gasteiger partial charge is 0.377 e. The number of rotatable bonds is 8. The van der Waals surface area contributed by atoms with E-state index < -0.39 is 29.9 Å². The molecule has 2 rings (SSSR count). The van der Waals surface area contributed by atoms with Crippen molar-refractivity contribution in [3.05, 3.63) is 47.7 Å². The fourth-order valence-electron chi connectivity index (χ4n) is 2.78. The number of halogens is 1. The minimum Gasteiger partial charge on any atom is -0.466 e. The first-order chi connectivity index (χ1) is 13.8. The zero-order valence-electron chi connectivity index (χ0n) is 16.0. The number of nitrogens with zero attached hydrogens (tertiary/aromatic N) is 2. The highest BCUT2D eigenvalue weighted by molar-refractivity contribution is 5.98. The third-order valence-corrected chi connectivity index (χ3v) is 4.22. The standard InChI is InChI=1S/C19H22FN3O6/c1-27-17(25)9-16(19(26)28-2)29-22-18(21)14-8-13(20)10-23(14)11-15(24)12-6-4-3-5-7-12/h3-7,9,13-14H,8,10-11H2,1-2H3,(H2,21,22)/b16-9+/t13-,14-/m0/s1. The fraction of sp³-hybridized carbons (Fsp3) is 0.368. The van der Waals surface area contributed by atoms with Crippen LogP contribution < -0.4 is 5.73 Å². The number of ether oxygens (including phenoxy) is 2. The summed E-state index contributed by atoms with van der Waals surface area (Å²) in [5, 5.41) is 3.63. The first kappa shape index (κ1) is 22.0. The number of ketones is 1. The van der Waals surface area contributed by atoms with Gasteiger partial charge in [0, 0.05) is 18.5 Å². The summed E-state index contributed by atoms with van der Waals surface area (Å²) in [7, 11) is 2.21. The first-order valence-corrected chi connectivity index (χ1v) is 8.70. The highest BCUT2D eigenvalue weighted by Crippen LogP contribution is 2.21. The summed E-state index contributed by atoms with van der Waals surface area (Å²) < 4.78 is 22.9. The number of oxime groups is 1. The Morgan fingerprint density at radius 2 is 1.93 bits per heavy atom. The lowest BCUT2D eigenvalue weighted by molar-refractivity contribution is -0.142. The summed E-state index contributed by atoms with van der Waals surface area (Å²) in [6, 6.07) is 7.88. The van der Waals surface area contributed by atoms with Crippen LogP contribution in [0.25, 0.3) is 0 Å². The number of alkyl halides is 1. The van der Waals surface area contributed by atoms with Crippen LogP contribution in [0.4, 0.5) is 4.39 Å². The van der Waals surface area contributed by atoms with E-state index >= 15 is 0 Å². The van der Waals surface area contributed by atoms with Gasteiger partial charge in [0.1, 0.15) is 6.17 Å². The normalized spacial score (nSPS) is 20.2. The van der Waals surface area contributed by atoms with Crippen LogP contribution in [0.3, 0.4) is 0 Å². The van der Waals surface area contributed by atoms with Gasteiger partial charge >= 0.3 is 11.9 Å². The molecule has 1 saturated heterocycles. The fourth-order valence-corrected chi connectivity index (χ4v) is 2.78. The monoisotopic (exact) mass is 407 g/mol. The number of benzene rings is 1. The second kappa shape index (κ2) is 10.3. The van der Waals surface area contributed by atoms with Crippen molar-refractivity contribution in [3.63, 3.8) is 0 Å². The predicted molar refractivity (Wildman–Crippen MR) is 100 cm³/mol. The zero-order valence-corrected chi connectivity index (χ0v) is 16.0. The highest BCUT2D eigenvalue weighted by atomic mass is 19.1. The van der Waals surface area contributed by atoms with E-state index in [1.807, 2.05) is 0 Å². The van der Waals surface area contributed by atoms with Gasteiger partial charge in [-0.05, 0) is 0 Å². The number of methoxy groups -OCH3 is 2. The minimum absolute atomic E-state index is 0.00131.